The zero-order chi connectivity index (χ0) is 19.9. The van der Waals surface area contributed by atoms with Gasteiger partial charge >= 0.3 is 0 Å². The average molecular weight is 400 g/mol. The van der Waals surface area contributed by atoms with E-state index in [-0.39, 0.29) is 11.8 Å². The minimum Gasteiger partial charge on any atom is -0.493 e. The van der Waals surface area contributed by atoms with Crippen LogP contribution in [0.25, 0.3) is 0 Å². The van der Waals surface area contributed by atoms with Crippen molar-refractivity contribution in [2.75, 3.05) is 37.2 Å². The van der Waals surface area contributed by atoms with Gasteiger partial charge in [-0.2, -0.15) is 0 Å². The van der Waals surface area contributed by atoms with E-state index in [1.165, 1.54) is 18.9 Å². The van der Waals surface area contributed by atoms with Gasteiger partial charge in [0.15, 0.2) is 17.3 Å². The van der Waals surface area contributed by atoms with Crippen LogP contribution in [-0.2, 0) is 9.53 Å². The SMILES string of the molecule is COc1ccc(NC(=O)c2ccc(NC(=O)C3=CSCCO3)cc2)cc1OC. The Labute approximate surface area is 167 Å². The third-order valence-corrected chi connectivity index (χ3v) is 4.70. The number of hydrogen-bond donors (Lipinski definition) is 2. The molecule has 0 aliphatic carbocycles. The maximum Gasteiger partial charge on any atom is 0.291 e. The highest BCUT2D eigenvalue weighted by Crippen LogP contribution is 2.30. The number of thioether (sulfide) groups is 1. The molecule has 0 aromatic heterocycles. The quantitative estimate of drug-likeness (QED) is 0.772. The number of hydrogen-bond acceptors (Lipinski definition) is 6. The van der Waals surface area contributed by atoms with Crippen molar-refractivity contribution < 1.29 is 23.8 Å². The highest BCUT2D eigenvalue weighted by Gasteiger charge is 2.15. The first kappa shape index (κ1) is 19.6. The first-order valence-corrected chi connectivity index (χ1v) is 9.55. The van der Waals surface area contributed by atoms with Gasteiger partial charge < -0.3 is 24.8 Å². The molecule has 2 aromatic rings. The molecule has 28 heavy (non-hydrogen) atoms. The Morgan fingerprint density at radius 2 is 1.61 bits per heavy atom. The monoisotopic (exact) mass is 400 g/mol. The Morgan fingerprint density at radius 3 is 2.25 bits per heavy atom. The molecule has 1 aliphatic rings. The Balaban J connectivity index is 1.63. The number of benzene rings is 2. The van der Waals surface area contributed by atoms with Crippen LogP contribution in [0.5, 0.6) is 11.5 Å². The lowest BCUT2D eigenvalue weighted by molar-refractivity contribution is -0.116. The van der Waals surface area contributed by atoms with Gasteiger partial charge in [-0.25, -0.2) is 0 Å². The topological polar surface area (TPSA) is 85.9 Å². The van der Waals surface area contributed by atoms with Crippen molar-refractivity contribution in [1.82, 2.24) is 0 Å². The molecule has 0 saturated carbocycles. The molecule has 2 aromatic carbocycles. The number of nitrogens with one attached hydrogen (secondary N) is 2. The summed E-state index contributed by atoms with van der Waals surface area (Å²) in [4.78, 5) is 24.6. The predicted octanol–water partition coefficient (Wildman–Crippen LogP) is 3.50. The molecule has 1 aliphatic heterocycles. The molecule has 0 unspecified atom stereocenters. The molecule has 2 amide bonds. The number of anilines is 2. The summed E-state index contributed by atoms with van der Waals surface area (Å²) in [6.45, 7) is 0.513. The lowest BCUT2D eigenvalue weighted by atomic mass is 10.2. The van der Waals surface area contributed by atoms with Gasteiger partial charge in [-0.05, 0) is 36.4 Å². The standard InChI is InChI=1S/C20H20N2O5S/c1-25-16-8-7-15(11-17(16)26-2)22-19(23)13-3-5-14(6-4-13)21-20(24)18-12-28-10-9-27-18/h3-8,11-12H,9-10H2,1-2H3,(H,21,24)(H,22,23). The molecule has 0 fully saturated rings. The predicted molar refractivity (Wildman–Crippen MR) is 109 cm³/mol. The van der Waals surface area contributed by atoms with Crippen molar-refractivity contribution in [3.05, 3.63) is 59.2 Å². The van der Waals surface area contributed by atoms with Crippen molar-refractivity contribution in [3.8, 4) is 11.5 Å². The van der Waals surface area contributed by atoms with Crippen molar-refractivity contribution >= 4 is 35.0 Å². The summed E-state index contributed by atoms with van der Waals surface area (Å²) in [5.41, 5.74) is 1.61. The number of rotatable bonds is 6. The van der Waals surface area contributed by atoms with Crippen LogP contribution in [0.2, 0.25) is 0 Å². The highest BCUT2D eigenvalue weighted by molar-refractivity contribution is 8.02. The summed E-state index contributed by atoms with van der Waals surface area (Å²) < 4.78 is 15.7. The second kappa shape index (κ2) is 9.18. The summed E-state index contributed by atoms with van der Waals surface area (Å²) in [7, 11) is 3.08. The summed E-state index contributed by atoms with van der Waals surface area (Å²) >= 11 is 1.54. The molecule has 0 radical (unpaired) electrons. The molecule has 146 valence electrons. The molecule has 0 bridgehead atoms. The van der Waals surface area contributed by atoms with Gasteiger partial charge in [-0.1, -0.05) is 0 Å². The number of methoxy groups -OCH3 is 2. The molecule has 2 N–H and O–H groups in total. The second-order valence-corrected chi connectivity index (χ2v) is 6.73. The average Bonchev–Trinajstić information content (AvgIpc) is 2.74. The molecule has 8 heteroatoms. The summed E-state index contributed by atoms with van der Waals surface area (Å²) in [6, 6.07) is 11.7. The minimum atomic E-state index is -0.310. The van der Waals surface area contributed by atoms with Crippen LogP contribution < -0.4 is 20.1 Å². The van der Waals surface area contributed by atoms with Gasteiger partial charge in [0.1, 0.15) is 0 Å². The normalized spacial score (nSPS) is 13.0. The zero-order valence-corrected chi connectivity index (χ0v) is 16.3. The largest absolute Gasteiger partial charge is 0.493 e. The third-order valence-electron chi connectivity index (χ3n) is 3.92. The summed E-state index contributed by atoms with van der Waals surface area (Å²) in [5.74, 6) is 1.65. The van der Waals surface area contributed by atoms with Gasteiger partial charge in [0.05, 0.1) is 20.8 Å². The van der Waals surface area contributed by atoms with Gasteiger partial charge in [-0.3, -0.25) is 9.59 Å². The molecule has 0 spiro atoms. The van der Waals surface area contributed by atoms with E-state index in [4.69, 9.17) is 14.2 Å². The van der Waals surface area contributed by atoms with Crippen molar-refractivity contribution in [1.29, 1.82) is 0 Å². The molecular weight excluding hydrogens is 380 g/mol. The number of carbonyl (C=O) groups excluding carboxylic acids is 2. The Morgan fingerprint density at radius 1 is 0.929 bits per heavy atom. The van der Waals surface area contributed by atoms with E-state index in [1.807, 2.05) is 0 Å². The van der Waals surface area contributed by atoms with Crippen LogP contribution in [-0.4, -0.2) is 38.4 Å². The summed E-state index contributed by atoms with van der Waals surface area (Å²) in [5, 5.41) is 7.25. The number of carbonyl (C=O) groups is 2. The Bertz CT molecular complexity index is 896. The first-order valence-electron chi connectivity index (χ1n) is 8.50. The van der Waals surface area contributed by atoms with Crippen LogP contribution in [0.4, 0.5) is 11.4 Å². The van der Waals surface area contributed by atoms with Gasteiger partial charge in [0.25, 0.3) is 11.8 Å². The molecule has 1 heterocycles. The van der Waals surface area contributed by atoms with E-state index in [0.717, 1.165) is 5.75 Å². The van der Waals surface area contributed by atoms with E-state index in [9.17, 15) is 9.59 Å². The molecule has 3 rings (SSSR count). The molecule has 0 saturated heterocycles. The minimum absolute atomic E-state index is 0.278. The van der Waals surface area contributed by atoms with Crippen LogP contribution in [0.15, 0.2) is 53.6 Å². The van der Waals surface area contributed by atoms with Gasteiger partial charge in [0, 0.05) is 34.2 Å². The van der Waals surface area contributed by atoms with E-state index >= 15 is 0 Å². The second-order valence-electron chi connectivity index (χ2n) is 5.76. The van der Waals surface area contributed by atoms with Gasteiger partial charge in [-0.15, -0.1) is 11.8 Å². The van der Waals surface area contributed by atoms with Crippen molar-refractivity contribution in [2.45, 2.75) is 0 Å². The van der Waals surface area contributed by atoms with Crippen LogP contribution >= 0.6 is 11.8 Å². The smallest absolute Gasteiger partial charge is 0.291 e. The Hall–Kier alpha value is -3.13. The number of amides is 2. The maximum atomic E-state index is 12.4. The fourth-order valence-electron chi connectivity index (χ4n) is 2.50. The maximum absolute atomic E-state index is 12.4. The van der Waals surface area contributed by atoms with Crippen molar-refractivity contribution in [2.24, 2.45) is 0 Å². The zero-order valence-electron chi connectivity index (χ0n) is 15.5. The van der Waals surface area contributed by atoms with Crippen molar-refractivity contribution in [3.63, 3.8) is 0 Å². The Kier molecular flexibility index (Phi) is 6.44. The van der Waals surface area contributed by atoms with E-state index in [0.29, 0.717) is 40.8 Å². The van der Waals surface area contributed by atoms with E-state index < -0.39 is 0 Å². The molecule has 0 atom stereocenters. The lowest BCUT2D eigenvalue weighted by Gasteiger charge is -2.14. The summed E-state index contributed by atoms with van der Waals surface area (Å²) in [6.07, 6.45) is 0. The fraction of sp³-hybridized carbons (Fsp3) is 0.200. The number of ether oxygens (including phenoxy) is 3. The van der Waals surface area contributed by atoms with E-state index in [2.05, 4.69) is 10.6 Å². The van der Waals surface area contributed by atoms with Crippen LogP contribution in [0.3, 0.4) is 0 Å². The lowest BCUT2D eigenvalue weighted by Crippen LogP contribution is -2.19. The molecular formula is C20H20N2O5S. The molecule has 7 nitrogen and oxygen atoms in total. The van der Waals surface area contributed by atoms with E-state index in [1.54, 1.807) is 55.0 Å². The fourth-order valence-corrected chi connectivity index (χ4v) is 3.13. The highest BCUT2D eigenvalue weighted by atomic mass is 32.2. The van der Waals surface area contributed by atoms with Crippen LogP contribution in [0.1, 0.15) is 10.4 Å². The third kappa shape index (κ3) is 4.77. The first-order chi connectivity index (χ1) is 13.6. The van der Waals surface area contributed by atoms with Crippen LogP contribution in [0, 0.1) is 0 Å². The van der Waals surface area contributed by atoms with Gasteiger partial charge in [0.2, 0.25) is 0 Å².